The van der Waals surface area contributed by atoms with Crippen LogP contribution in [0.1, 0.15) is 34.9 Å². The number of anilines is 1. The smallest absolute Gasteiger partial charge is 0.252 e. The summed E-state index contributed by atoms with van der Waals surface area (Å²) in [6, 6.07) is 15.1. The number of nitrogens with two attached hydrogens (primary N) is 1. The van der Waals surface area contributed by atoms with Gasteiger partial charge in [-0.3, -0.25) is 4.79 Å². The molecule has 0 heterocycles. The van der Waals surface area contributed by atoms with E-state index in [9.17, 15) is 15.0 Å². The van der Waals surface area contributed by atoms with E-state index in [1.54, 1.807) is 6.07 Å². The minimum atomic E-state index is -0.767. The Bertz CT molecular complexity index is 781. The highest BCUT2D eigenvalue weighted by atomic mass is 16.3. The standard InChI is InChI=1S/C21H27N3O3/c1-24(16-5-3-2-4-6-16)13-15-7-9-18(15)23-12-20(26)14-8-10-19(25)17(11-14)21(22)27/h2-6,8,10-11,15,18,20,23,25-26H,7,9,12-13H2,1H3,(H2,22,27). The molecule has 1 aliphatic rings. The van der Waals surface area contributed by atoms with Crippen LogP contribution < -0.4 is 16.0 Å². The van der Waals surface area contributed by atoms with Gasteiger partial charge in [0.2, 0.25) is 0 Å². The molecule has 0 aromatic heterocycles. The van der Waals surface area contributed by atoms with Gasteiger partial charge in [0.05, 0.1) is 11.7 Å². The topological polar surface area (TPSA) is 98.8 Å². The summed E-state index contributed by atoms with van der Waals surface area (Å²) in [6.07, 6.45) is 1.48. The number of para-hydroxylation sites is 1. The van der Waals surface area contributed by atoms with E-state index in [-0.39, 0.29) is 11.3 Å². The lowest BCUT2D eigenvalue weighted by Gasteiger charge is -2.40. The minimum absolute atomic E-state index is 0.0255. The molecule has 0 saturated heterocycles. The maximum atomic E-state index is 11.3. The molecule has 0 radical (unpaired) electrons. The highest BCUT2D eigenvalue weighted by Gasteiger charge is 2.31. The van der Waals surface area contributed by atoms with Gasteiger partial charge < -0.3 is 26.2 Å². The number of nitrogens with zero attached hydrogens (tertiary/aromatic N) is 1. The van der Waals surface area contributed by atoms with Crippen molar-refractivity contribution in [1.82, 2.24) is 5.32 Å². The van der Waals surface area contributed by atoms with E-state index >= 15 is 0 Å². The number of phenols is 1. The molecule has 3 atom stereocenters. The molecule has 3 unspecified atom stereocenters. The predicted octanol–water partition coefficient (Wildman–Crippen LogP) is 2.03. The second-order valence-electron chi connectivity index (χ2n) is 7.22. The van der Waals surface area contributed by atoms with Crippen LogP contribution in [-0.4, -0.2) is 42.3 Å². The van der Waals surface area contributed by atoms with Crippen LogP contribution in [0.4, 0.5) is 5.69 Å². The van der Waals surface area contributed by atoms with E-state index in [4.69, 9.17) is 5.73 Å². The molecule has 0 spiro atoms. The van der Waals surface area contributed by atoms with Crippen molar-refractivity contribution in [1.29, 1.82) is 0 Å². The number of carbonyl (C=O) groups excluding carboxylic acids is 1. The number of amides is 1. The Balaban J connectivity index is 1.52. The van der Waals surface area contributed by atoms with Gasteiger partial charge in [0, 0.05) is 31.9 Å². The molecule has 3 rings (SSSR count). The number of aliphatic hydroxyl groups excluding tert-OH is 1. The quantitative estimate of drug-likeness (QED) is 0.571. The predicted molar refractivity (Wildman–Crippen MR) is 106 cm³/mol. The van der Waals surface area contributed by atoms with Crippen LogP contribution >= 0.6 is 0 Å². The largest absolute Gasteiger partial charge is 0.507 e. The number of carbonyl (C=O) groups is 1. The van der Waals surface area contributed by atoms with Crippen LogP contribution in [0.5, 0.6) is 5.75 Å². The van der Waals surface area contributed by atoms with E-state index in [2.05, 4.69) is 29.4 Å². The number of primary amides is 1. The fourth-order valence-corrected chi connectivity index (χ4v) is 3.54. The number of aromatic hydroxyl groups is 1. The van der Waals surface area contributed by atoms with Gasteiger partial charge in [-0.1, -0.05) is 24.3 Å². The molecular formula is C21H27N3O3. The fraction of sp³-hybridized carbons (Fsp3) is 0.381. The fourth-order valence-electron chi connectivity index (χ4n) is 3.54. The molecule has 5 N–H and O–H groups in total. The zero-order chi connectivity index (χ0) is 19.4. The Morgan fingerprint density at radius 2 is 2.00 bits per heavy atom. The molecule has 144 valence electrons. The molecule has 2 aromatic rings. The Labute approximate surface area is 159 Å². The molecule has 1 fully saturated rings. The first-order chi connectivity index (χ1) is 13.0. The zero-order valence-corrected chi connectivity index (χ0v) is 15.5. The van der Waals surface area contributed by atoms with Crippen LogP contribution in [0.25, 0.3) is 0 Å². The van der Waals surface area contributed by atoms with E-state index in [1.165, 1.54) is 17.8 Å². The van der Waals surface area contributed by atoms with Crippen molar-refractivity contribution in [2.24, 2.45) is 11.7 Å². The van der Waals surface area contributed by atoms with Crippen LogP contribution in [0.3, 0.4) is 0 Å². The van der Waals surface area contributed by atoms with Gasteiger partial charge in [-0.05, 0) is 48.6 Å². The summed E-state index contributed by atoms with van der Waals surface area (Å²) in [5.74, 6) is -0.352. The van der Waals surface area contributed by atoms with Crippen molar-refractivity contribution in [3.63, 3.8) is 0 Å². The highest BCUT2D eigenvalue weighted by Crippen LogP contribution is 2.30. The van der Waals surface area contributed by atoms with Gasteiger partial charge in [0.25, 0.3) is 5.91 Å². The number of aliphatic hydroxyl groups is 1. The van der Waals surface area contributed by atoms with Gasteiger partial charge in [0.1, 0.15) is 5.75 Å². The number of hydrogen-bond acceptors (Lipinski definition) is 5. The second kappa shape index (κ2) is 8.41. The Morgan fingerprint density at radius 1 is 1.26 bits per heavy atom. The maximum Gasteiger partial charge on any atom is 0.252 e. The highest BCUT2D eigenvalue weighted by molar-refractivity contribution is 5.95. The van der Waals surface area contributed by atoms with Crippen LogP contribution in [0.2, 0.25) is 0 Å². The van der Waals surface area contributed by atoms with Crippen LogP contribution in [-0.2, 0) is 0 Å². The third kappa shape index (κ3) is 4.59. The Hall–Kier alpha value is -2.57. The summed E-state index contributed by atoms with van der Waals surface area (Å²) < 4.78 is 0. The lowest BCUT2D eigenvalue weighted by molar-refractivity contribution is 0.0997. The van der Waals surface area contributed by atoms with Gasteiger partial charge in [-0.25, -0.2) is 0 Å². The molecule has 1 amide bonds. The van der Waals surface area contributed by atoms with Crippen molar-refractivity contribution >= 4 is 11.6 Å². The number of rotatable bonds is 8. The maximum absolute atomic E-state index is 11.3. The van der Waals surface area contributed by atoms with Crippen molar-refractivity contribution < 1.29 is 15.0 Å². The number of hydrogen-bond donors (Lipinski definition) is 4. The summed E-state index contributed by atoms with van der Waals surface area (Å²) in [5, 5.41) is 23.5. The molecule has 1 saturated carbocycles. The number of benzene rings is 2. The van der Waals surface area contributed by atoms with Gasteiger partial charge >= 0.3 is 0 Å². The van der Waals surface area contributed by atoms with Gasteiger partial charge in [-0.2, -0.15) is 0 Å². The SMILES string of the molecule is CN(CC1CCC1NCC(O)c1ccc(O)c(C(N)=O)c1)c1ccccc1. The molecule has 2 aromatic carbocycles. The summed E-state index contributed by atoms with van der Waals surface area (Å²) in [5.41, 5.74) is 7.04. The average molecular weight is 369 g/mol. The molecule has 0 aliphatic heterocycles. The molecule has 6 nitrogen and oxygen atoms in total. The van der Waals surface area contributed by atoms with E-state index in [0.29, 0.717) is 24.1 Å². The van der Waals surface area contributed by atoms with Gasteiger partial charge in [0.15, 0.2) is 0 Å². The lowest BCUT2D eigenvalue weighted by atomic mass is 9.79. The summed E-state index contributed by atoms with van der Waals surface area (Å²) in [6.45, 7) is 1.35. The number of nitrogens with one attached hydrogen (secondary N) is 1. The first kappa shape index (κ1) is 19.2. The molecule has 27 heavy (non-hydrogen) atoms. The third-order valence-corrected chi connectivity index (χ3v) is 5.37. The van der Waals surface area contributed by atoms with Crippen LogP contribution in [0, 0.1) is 5.92 Å². The summed E-state index contributed by atoms with van der Waals surface area (Å²) in [7, 11) is 2.10. The van der Waals surface area contributed by atoms with Crippen LogP contribution in [0.15, 0.2) is 48.5 Å². The second-order valence-corrected chi connectivity index (χ2v) is 7.22. The van der Waals surface area contributed by atoms with Gasteiger partial charge in [-0.15, -0.1) is 0 Å². The van der Waals surface area contributed by atoms with Crippen molar-refractivity contribution in [3.05, 3.63) is 59.7 Å². The minimum Gasteiger partial charge on any atom is -0.507 e. The molecule has 1 aliphatic carbocycles. The molecule has 0 bridgehead atoms. The normalized spacial score (nSPS) is 19.9. The van der Waals surface area contributed by atoms with E-state index < -0.39 is 12.0 Å². The van der Waals surface area contributed by atoms with Crippen molar-refractivity contribution in [2.75, 3.05) is 25.0 Å². The van der Waals surface area contributed by atoms with E-state index in [1.807, 2.05) is 18.2 Å². The summed E-state index contributed by atoms with van der Waals surface area (Å²) in [4.78, 5) is 13.6. The first-order valence-electron chi connectivity index (χ1n) is 9.26. The molecular weight excluding hydrogens is 342 g/mol. The van der Waals surface area contributed by atoms with Crippen molar-refractivity contribution in [2.45, 2.75) is 25.0 Å². The monoisotopic (exact) mass is 369 g/mol. The Kier molecular flexibility index (Phi) is 5.98. The first-order valence-corrected chi connectivity index (χ1v) is 9.26. The van der Waals surface area contributed by atoms with Crippen molar-refractivity contribution in [3.8, 4) is 5.75 Å². The third-order valence-electron chi connectivity index (χ3n) is 5.37. The lowest BCUT2D eigenvalue weighted by Crippen LogP contribution is -2.49. The Morgan fingerprint density at radius 3 is 2.63 bits per heavy atom. The zero-order valence-electron chi connectivity index (χ0n) is 15.5. The summed E-state index contributed by atoms with van der Waals surface area (Å²) >= 11 is 0. The average Bonchev–Trinajstić information content (AvgIpc) is 2.65. The van der Waals surface area contributed by atoms with E-state index in [0.717, 1.165) is 19.4 Å². The molecule has 6 heteroatoms.